The van der Waals surface area contributed by atoms with Gasteiger partial charge in [-0.05, 0) is 26.0 Å². The molecule has 0 saturated carbocycles. The van der Waals surface area contributed by atoms with E-state index in [2.05, 4.69) is 19.2 Å². The maximum absolute atomic E-state index is 12.6. The van der Waals surface area contributed by atoms with Crippen LogP contribution in [-0.2, 0) is 0 Å². The first-order valence-corrected chi connectivity index (χ1v) is 6.22. The van der Waals surface area contributed by atoms with Crippen LogP contribution in [0.3, 0.4) is 0 Å². The van der Waals surface area contributed by atoms with Crippen LogP contribution in [0.15, 0.2) is 24.3 Å². The third-order valence-electron chi connectivity index (χ3n) is 3.38. The van der Waals surface area contributed by atoms with Crippen LogP contribution in [0.25, 0.3) is 0 Å². The van der Waals surface area contributed by atoms with E-state index < -0.39 is 0 Å². The van der Waals surface area contributed by atoms with Crippen molar-refractivity contribution < 1.29 is 9.53 Å². The van der Waals surface area contributed by atoms with Crippen LogP contribution in [0.2, 0.25) is 0 Å². The standard InChI is InChI=1S/C14H20N2O2/c1-14(2)10-15-8-9-16(14)13(17)11-6-4-5-7-12(11)18-3/h4-7,15H,8-10H2,1-3H3. The number of para-hydroxylation sites is 1. The molecule has 4 heteroatoms. The van der Waals surface area contributed by atoms with Gasteiger partial charge in [-0.25, -0.2) is 0 Å². The molecule has 1 aliphatic rings. The zero-order chi connectivity index (χ0) is 13.2. The van der Waals surface area contributed by atoms with E-state index in [1.54, 1.807) is 7.11 Å². The number of benzene rings is 1. The number of piperazine rings is 1. The largest absolute Gasteiger partial charge is 0.496 e. The van der Waals surface area contributed by atoms with Crippen LogP contribution in [0.1, 0.15) is 24.2 Å². The molecule has 98 valence electrons. The van der Waals surface area contributed by atoms with Crippen molar-refractivity contribution in [2.24, 2.45) is 0 Å². The molecule has 1 aromatic rings. The number of amides is 1. The van der Waals surface area contributed by atoms with Gasteiger partial charge >= 0.3 is 0 Å². The Morgan fingerprint density at radius 3 is 2.78 bits per heavy atom. The van der Waals surface area contributed by atoms with E-state index >= 15 is 0 Å². The summed E-state index contributed by atoms with van der Waals surface area (Å²) in [6.07, 6.45) is 0. The number of hydrogen-bond donors (Lipinski definition) is 1. The van der Waals surface area contributed by atoms with Gasteiger partial charge in [0, 0.05) is 19.6 Å². The molecule has 1 amide bonds. The van der Waals surface area contributed by atoms with Gasteiger partial charge in [0.2, 0.25) is 0 Å². The highest BCUT2D eigenvalue weighted by atomic mass is 16.5. The van der Waals surface area contributed by atoms with Gasteiger partial charge in [0.1, 0.15) is 5.75 Å². The highest BCUT2D eigenvalue weighted by Gasteiger charge is 2.34. The second-order valence-electron chi connectivity index (χ2n) is 5.15. The fourth-order valence-electron chi connectivity index (χ4n) is 2.33. The summed E-state index contributed by atoms with van der Waals surface area (Å²) in [5.41, 5.74) is 0.464. The van der Waals surface area contributed by atoms with Crippen molar-refractivity contribution in [2.45, 2.75) is 19.4 Å². The number of methoxy groups -OCH3 is 1. The van der Waals surface area contributed by atoms with Gasteiger partial charge in [0.05, 0.1) is 18.2 Å². The van der Waals surface area contributed by atoms with E-state index in [-0.39, 0.29) is 11.4 Å². The van der Waals surface area contributed by atoms with E-state index in [9.17, 15) is 4.79 Å². The lowest BCUT2D eigenvalue weighted by atomic mass is 9.98. The predicted octanol–water partition coefficient (Wildman–Crippen LogP) is 1.52. The summed E-state index contributed by atoms with van der Waals surface area (Å²) in [5.74, 6) is 0.677. The van der Waals surface area contributed by atoms with Gasteiger partial charge in [-0.15, -0.1) is 0 Å². The zero-order valence-electron chi connectivity index (χ0n) is 11.2. The summed E-state index contributed by atoms with van der Waals surface area (Å²) >= 11 is 0. The molecular formula is C14H20N2O2. The maximum atomic E-state index is 12.6. The summed E-state index contributed by atoms with van der Waals surface area (Å²) in [6, 6.07) is 7.38. The van der Waals surface area contributed by atoms with Crippen LogP contribution >= 0.6 is 0 Å². The Labute approximate surface area is 108 Å². The van der Waals surface area contributed by atoms with Crippen LogP contribution < -0.4 is 10.1 Å². The summed E-state index contributed by atoms with van der Waals surface area (Å²) in [6.45, 7) is 6.53. The molecule has 0 radical (unpaired) electrons. The summed E-state index contributed by atoms with van der Waals surface area (Å²) < 4.78 is 5.26. The molecule has 0 atom stereocenters. The van der Waals surface area contributed by atoms with E-state index in [4.69, 9.17) is 4.74 Å². The summed E-state index contributed by atoms with van der Waals surface area (Å²) in [5, 5.41) is 3.31. The number of nitrogens with zero attached hydrogens (tertiary/aromatic N) is 1. The molecular weight excluding hydrogens is 228 g/mol. The first-order chi connectivity index (χ1) is 8.56. The number of carbonyl (C=O) groups is 1. The molecule has 0 aromatic heterocycles. The van der Waals surface area contributed by atoms with Crippen molar-refractivity contribution >= 4 is 5.91 Å². The van der Waals surface area contributed by atoms with E-state index in [1.165, 1.54) is 0 Å². The fraction of sp³-hybridized carbons (Fsp3) is 0.500. The first kappa shape index (κ1) is 12.9. The molecule has 2 rings (SSSR count). The Kier molecular flexibility index (Phi) is 3.57. The van der Waals surface area contributed by atoms with Gasteiger partial charge in [0.25, 0.3) is 5.91 Å². The third-order valence-corrected chi connectivity index (χ3v) is 3.38. The third kappa shape index (κ3) is 2.34. The second-order valence-corrected chi connectivity index (χ2v) is 5.15. The summed E-state index contributed by atoms with van der Waals surface area (Å²) in [7, 11) is 1.59. The van der Waals surface area contributed by atoms with Crippen molar-refractivity contribution in [1.29, 1.82) is 0 Å². The molecule has 1 fully saturated rings. The lowest BCUT2D eigenvalue weighted by Gasteiger charge is -2.43. The van der Waals surface area contributed by atoms with Crippen LogP contribution in [-0.4, -0.2) is 43.1 Å². The lowest BCUT2D eigenvalue weighted by Crippen LogP contribution is -2.59. The van der Waals surface area contributed by atoms with Crippen LogP contribution in [0.5, 0.6) is 5.75 Å². The van der Waals surface area contributed by atoms with Crippen LogP contribution in [0, 0.1) is 0 Å². The predicted molar refractivity (Wildman–Crippen MR) is 71.0 cm³/mol. The van der Waals surface area contributed by atoms with Gasteiger partial charge in [-0.1, -0.05) is 12.1 Å². The lowest BCUT2D eigenvalue weighted by molar-refractivity contribution is 0.0474. The molecule has 0 unspecified atom stereocenters. The average molecular weight is 248 g/mol. The van der Waals surface area contributed by atoms with Crippen molar-refractivity contribution in [1.82, 2.24) is 10.2 Å². The van der Waals surface area contributed by atoms with E-state index in [1.807, 2.05) is 29.2 Å². The van der Waals surface area contributed by atoms with Crippen LogP contribution in [0.4, 0.5) is 0 Å². The Morgan fingerprint density at radius 2 is 2.11 bits per heavy atom. The Morgan fingerprint density at radius 1 is 1.39 bits per heavy atom. The highest BCUT2D eigenvalue weighted by Crippen LogP contribution is 2.24. The maximum Gasteiger partial charge on any atom is 0.258 e. The minimum absolute atomic E-state index is 0.0407. The topological polar surface area (TPSA) is 41.6 Å². The minimum Gasteiger partial charge on any atom is -0.496 e. The summed E-state index contributed by atoms with van der Waals surface area (Å²) in [4.78, 5) is 14.5. The average Bonchev–Trinajstić information content (AvgIpc) is 2.37. The minimum atomic E-state index is -0.170. The molecule has 18 heavy (non-hydrogen) atoms. The van der Waals surface area contributed by atoms with Gasteiger partial charge in [-0.2, -0.15) is 0 Å². The monoisotopic (exact) mass is 248 g/mol. The smallest absolute Gasteiger partial charge is 0.258 e. The normalized spacial score (nSPS) is 18.5. The number of ether oxygens (including phenoxy) is 1. The molecule has 1 aromatic carbocycles. The van der Waals surface area contributed by atoms with Gasteiger partial charge < -0.3 is 15.0 Å². The molecule has 0 bridgehead atoms. The highest BCUT2D eigenvalue weighted by molar-refractivity contribution is 5.97. The molecule has 1 heterocycles. The Balaban J connectivity index is 2.30. The van der Waals surface area contributed by atoms with E-state index in [0.717, 1.165) is 19.6 Å². The van der Waals surface area contributed by atoms with Crippen molar-refractivity contribution in [3.63, 3.8) is 0 Å². The number of carbonyl (C=O) groups excluding carboxylic acids is 1. The van der Waals surface area contributed by atoms with E-state index in [0.29, 0.717) is 11.3 Å². The number of nitrogens with one attached hydrogen (secondary N) is 1. The van der Waals surface area contributed by atoms with Crippen molar-refractivity contribution in [2.75, 3.05) is 26.7 Å². The fourth-order valence-corrected chi connectivity index (χ4v) is 2.33. The first-order valence-electron chi connectivity index (χ1n) is 6.22. The molecule has 1 aliphatic heterocycles. The van der Waals surface area contributed by atoms with Crippen molar-refractivity contribution in [3.8, 4) is 5.75 Å². The molecule has 0 spiro atoms. The molecule has 1 saturated heterocycles. The zero-order valence-corrected chi connectivity index (χ0v) is 11.2. The number of rotatable bonds is 2. The Bertz CT molecular complexity index is 443. The quantitative estimate of drug-likeness (QED) is 0.862. The van der Waals surface area contributed by atoms with Crippen molar-refractivity contribution in [3.05, 3.63) is 29.8 Å². The molecule has 0 aliphatic carbocycles. The SMILES string of the molecule is COc1ccccc1C(=O)N1CCNCC1(C)C. The molecule has 1 N–H and O–H groups in total. The number of hydrogen-bond acceptors (Lipinski definition) is 3. The second kappa shape index (κ2) is 4.98. The van der Waals surface area contributed by atoms with Gasteiger partial charge in [-0.3, -0.25) is 4.79 Å². The molecule has 4 nitrogen and oxygen atoms in total. The Hall–Kier alpha value is -1.55. The van der Waals surface area contributed by atoms with Gasteiger partial charge in [0.15, 0.2) is 0 Å².